The number of aromatic amines is 1. The van der Waals surface area contributed by atoms with Crippen molar-refractivity contribution in [2.45, 2.75) is 18.9 Å². The SMILES string of the molecule is CNC1CCCN(C(=O)c2c[nH]ccc2=O)C1. The fraction of sp³-hybridized carbons (Fsp3) is 0.500. The Morgan fingerprint density at radius 2 is 2.41 bits per heavy atom. The van der Waals surface area contributed by atoms with Crippen LogP contribution in [0.2, 0.25) is 0 Å². The number of likely N-dealkylation sites (tertiary alicyclic amines) is 1. The Balaban J connectivity index is 2.15. The van der Waals surface area contributed by atoms with Crippen LogP contribution in [0, 0.1) is 0 Å². The molecule has 1 amide bonds. The summed E-state index contributed by atoms with van der Waals surface area (Å²) in [4.78, 5) is 28.3. The van der Waals surface area contributed by atoms with E-state index in [-0.39, 0.29) is 16.9 Å². The molecule has 2 heterocycles. The summed E-state index contributed by atoms with van der Waals surface area (Å²) in [5.41, 5.74) is 0.00424. The number of carbonyl (C=O) groups is 1. The van der Waals surface area contributed by atoms with Gasteiger partial charge in [-0.3, -0.25) is 9.59 Å². The molecule has 92 valence electrons. The number of likely N-dealkylation sites (N-methyl/N-ethyl adjacent to an activating group) is 1. The number of aromatic nitrogens is 1. The standard InChI is InChI=1S/C12H17N3O2/c1-13-9-3-2-6-15(8-9)12(17)10-7-14-5-4-11(10)16/h4-5,7,9,13H,2-3,6,8H2,1H3,(H,14,16). The zero-order valence-electron chi connectivity index (χ0n) is 9.90. The van der Waals surface area contributed by atoms with Crippen LogP contribution in [-0.2, 0) is 0 Å². The lowest BCUT2D eigenvalue weighted by atomic mass is 10.1. The number of hydrogen-bond donors (Lipinski definition) is 2. The van der Waals surface area contributed by atoms with E-state index < -0.39 is 0 Å². The fourth-order valence-electron chi connectivity index (χ4n) is 2.15. The number of piperidine rings is 1. The van der Waals surface area contributed by atoms with Gasteiger partial charge in [-0.1, -0.05) is 0 Å². The molecular formula is C12H17N3O2. The van der Waals surface area contributed by atoms with Gasteiger partial charge in [-0.25, -0.2) is 0 Å². The Bertz CT molecular complexity index is 455. The summed E-state index contributed by atoms with van der Waals surface area (Å²) >= 11 is 0. The minimum Gasteiger partial charge on any atom is -0.367 e. The van der Waals surface area contributed by atoms with Gasteiger partial charge < -0.3 is 15.2 Å². The van der Waals surface area contributed by atoms with Crippen molar-refractivity contribution in [3.8, 4) is 0 Å². The van der Waals surface area contributed by atoms with Gasteiger partial charge in [0.1, 0.15) is 5.56 Å². The van der Waals surface area contributed by atoms with E-state index in [2.05, 4.69) is 10.3 Å². The topological polar surface area (TPSA) is 65.2 Å². The van der Waals surface area contributed by atoms with Crippen LogP contribution in [0.5, 0.6) is 0 Å². The van der Waals surface area contributed by atoms with Crippen molar-refractivity contribution in [2.24, 2.45) is 0 Å². The molecule has 0 spiro atoms. The van der Waals surface area contributed by atoms with Crippen LogP contribution in [-0.4, -0.2) is 42.0 Å². The second-order valence-corrected chi connectivity index (χ2v) is 4.30. The monoisotopic (exact) mass is 235 g/mol. The molecule has 2 N–H and O–H groups in total. The van der Waals surface area contributed by atoms with Crippen LogP contribution < -0.4 is 10.7 Å². The van der Waals surface area contributed by atoms with Gasteiger partial charge in [0.2, 0.25) is 0 Å². The highest BCUT2D eigenvalue weighted by molar-refractivity contribution is 5.93. The smallest absolute Gasteiger partial charge is 0.259 e. The molecule has 1 fully saturated rings. The van der Waals surface area contributed by atoms with Crippen molar-refractivity contribution < 1.29 is 4.79 Å². The molecule has 0 saturated carbocycles. The van der Waals surface area contributed by atoms with Crippen LogP contribution in [0.3, 0.4) is 0 Å². The van der Waals surface area contributed by atoms with Gasteiger partial charge >= 0.3 is 0 Å². The van der Waals surface area contributed by atoms with E-state index in [1.165, 1.54) is 18.5 Å². The third-order valence-corrected chi connectivity index (χ3v) is 3.17. The molecule has 5 nitrogen and oxygen atoms in total. The maximum Gasteiger partial charge on any atom is 0.259 e. The van der Waals surface area contributed by atoms with Crippen LogP contribution >= 0.6 is 0 Å². The summed E-state index contributed by atoms with van der Waals surface area (Å²) in [5, 5.41) is 3.18. The van der Waals surface area contributed by atoms with E-state index in [1.807, 2.05) is 7.05 Å². The van der Waals surface area contributed by atoms with E-state index >= 15 is 0 Å². The van der Waals surface area contributed by atoms with Crippen molar-refractivity contribution >= 4 is 5.91 Å². The van der Waals surface area contributed by atoms with E-state index in [9.17, 15) is 9.59 Å². The lowest BCUT2D eigenvalue weighted by Gasteiger charge is -2.32. The highest BCUT2D eigenvalue weighted by atomic mass is 16.2. The largest absolute Gasteiger partial charge is 0.367 e. The highest BCUT2D eigenvalue weighted by Crippen LogP contribution is 2.11. The quantitative estimate of drug-likeness (QED) is 0.769. The summed E-state index contributed by atoms with van der Waals surface area (Å²) in [6.07, 6.45) is 5.06. The first-order valence-electron chi connectivity index (χ1n) is 5.86. The summed E-state index contributed by atoms with van der Waals surface area (Å²) in [7, 11) is 1.90. The lowest BCUT2D eigenvalue weighted by Crippen LogP contribution is -2.47. The van der Waals surface area contributed by atoms with Gasteiger partial charge in [-0.05, 0) is 19.9 Å². The molecule has 17 heavy (non-hydrogen) atoms. The molecule has 1 atom stereocenters. The first kappa shape index (κ1) is 11.9. The number of hydrogen-bond acceptors (Lipinski definition) is 3. The first-order chi connectivity index (χ1) is 8.22. The van der Waals surface area contributed by atoms with Gasteiger partial charge in [-0.2, -0.15) is 0 Å². The zero-order chi connectivity index (χ0) is 12.3. The molecule has 0 radical (unpaired) electrons. The molecule has 2 rings (SSSR count). The van der Waals surface area contributed by atoms with Crippen molar-refractivity contribution in [3.05, 3.63) is 34.2 Å². The van der Waals surface area contributed by atoms with Crippen molar-refractivity contribution in [1.82, 2.24) is 15.2 Å². The summed E-state index contributed by atoms with van der Waals surface area (Å²) in [6, 6.07) is 1.71. The van der Waals surface area contributed by atoms with Gasteiger partial charge in [0.25, 0.3) is 5.91 Å². The number of nitrogens with one attached hydrogen (secondary N) is 2. The molecule has 1 unspecified atom stereocenters. The number of rotatable bonds is 2. The van der Waals surface area contributed by atoms with Gasteiger partial charge in [0.15, 0.2) is 5.43 Å². The Hall–Kier alpha value is -1.62. The van der Waals surface area contributed by atoms with E-state index in [4.69, 9.17) is 0 Å². The second kappa shape index (κ2) is 5.14. The van der Waals surface area contributed by atoms with E-state index in [0.717, 1.165) is 19.4 Å². The molecule has 0 bridgehead atoms. The van der Waals surface area contributed by atoms with Gasteiger partial charge in [0.05, 0.1) is 0 Å². The van der Waals surface area contributed by atoms with Crippen LogP contribution in [0.1, 0.15) is 23.2 Å². The summed E-state index contributed by atoms with van der Waals surface area (Å²) in [6.45, 7) is 1.40. The molecular weight excluding hydrogens is 218 g/mol. The zero-order valence-corrected chi connectivity index (χ0v) is 9.90. The average molecular weight is 235 g/mol. The number of nitrogens with zero attached hydrogens (tertiary/aromatic N) is 1. The van der Waals surface area contributed by atoms with Gasteiger partial charge in [0, 0.05) is 37.6 Å². The highest BCUT2D eigenvalue weighted by Gasteiger charge is 2.24. The Kier molecular flexibility index (Phi) is 3.58. The number of H-pyrrole nitrogens is 1. The molecule has 1 aliphatic rings. The molecule has 1 saturated heterocycles. The molecule has 1 aliphatic heterocycles. The second-order valence-electron chi connectivity index (χ2n) is 4.30. The Morgan fingerprint density at radius 3 is 3.12 bits per heavy atom. The van der Waals surface area contributed by atoms with Crippen molar-refractivity contribution in [2.75, 3.05) is 20.1 Å². The van der Waals surface area contributed by atoms with Crippen LogP contribution in [0.25, 0.3) is 0 Å². The number of amides is 1. The summed E-state index contributed by atoms with van der Waals surface area (Å²) in [5.74, 6) is -0.174. The third-order valence-electron chi connectivity index (χ3n) is 3.17. The minimum atomic E-state index is -0.222. The minimum absolute atomic E-state index is 0.174. The normalized spacial score (nSPS) is 20.3. The van der Waals surface area contributed by atoms with Crippen LogP contribution in [0.4, 0.5) is 0 Å². The Labute approximate surface area is 99.8 Å². The Morgan fingerprint density at radius 1 is 1.59 bits per heavy atom. The number of pyridine rings is 1. The van der Waals surface area contributed by atoms with Crippen molar-refractivity contribution in [1.29, 1.82) is 0 Å². The predicted octanol–water partition coefficient (Wildman–Crippen LogP) is 0.199. The molecule has 1 aromatic rings. The molecule has 1 aromatic heterocycles. The lowest BCUT2D eigenvalue weighted by molar-refractivity contribution is 0.0696. The maximum atomic E-state index is 12.2. The number of carbonyl (C=O) groups excluding carboxylic acids is 1. The molecule has 0 aliphatic carbocycles. The van der Waals surface area contributed by atoms with Crippen LogP contribution in [0.15, 0.2) is 23.3 Å². The third kappa shape index (κ3) is 2.55. The average Bonchev–Trinajstić information content (AvgIpc) is 2.38. The molecule has 5 heteroatoms. The first-order valence-corrected chi connectivity index (χ1v) is 5.86. The van der Waals surface area contributed by atoms with Gasteiger partial charge in [-0.15, -0.1) is 0 Å². The maximum absolute atomic E-state index is 12.2. The van der Waals surface area contributed by atoms with Crippen molar-refractivity contribution in [3.63, 3.8) is 0 Å². The van der Waals surface area contributed by atoms with E-state index in [0.29, 0.717) is 12.6 Å². The summed E-state index contributed by atoms with van der Waals surface area (Å²) < 4.78 is 0. The molecule has 0 aromatic carbocycles. The fourth-order valence-corrected chi connectivity index (χ4v) is 2.15. The predicted molar refractivity (Wildman–Crippen MR) is 65.0 cm³/mol. The van der Waals surface area contributed by atoms with E-state index in [1.54, 1.807) is 4.90 Å².